The molecule has 1 aromatic carbocycles. The van der Waals surface area contributed by atoms with Crippen LogP contribution in [-0.4, -0.2) is 25.8 Å². The van der Waals surface area contributed by atoms with Gasteiger partial charge in [0, 0.05) is 13.2 Å². The third kappa shape index (κ3) is 4.92. The average Bonchev–Trinajstić information content (AvgIpc) is 2.97. The van der Waals surface area contributed by atoms with E-state index in [0.717, 1.165) is 19.7 Å². The predicted molar refractivity (Wildman–Crippen MR) is 85.3 cm³/mol. The van der Waals surface area contributed by atoms with E-state index in [1.54, 1.807) is 0 Å². The van der Waals surface area contributed by atoms with E-state index in [9.17, 15) is 0 Å². The molecular weight excluding hydrogens is 246 g/mol. The van der Waals surface area contributed by atoms with Crippen LogP contribution in [0.15, 0.2) is 24.3 Å². The Morgan fingerprint density at radius 1 is 1.30 bits per heavy atom. The van der Waals surface area contributed by atoms with Crippen LogP contribution in [0.5, 0.6) is 0 Å². The minimum atomic E-state index is 0.535. The fourth-order valence-corrected chi connectivity index (χ4v) is 3.01. The normalized spacial score (nSPS) is 20.2. The molecule has 0 amide bonds. The largest absolute Gasteiger partial charge is 0.378 e. The molecule has 2 heteroatoms. The van der Waals surface area contributed by atoms with Crippen LogP contribution in [0.4, 0.5) is 0 Å². The van der Waals surface area contributed by atoms with Crippen molar-refractivity contribution in [3.8, 4) is 0 Å². The van der Waals surface area contributed by atoms with Crippen molar-refractivity contribution in [2.45, 2.75) is 58.0 Å². The van der Waals surface area contributed by atoms with Gasteiger partial charge in [-0.25, -0.2) is 0 Å². The molecule has 0 bridgehead atoms. The molecular formula is C18H29NO. The van der Waals surface area contributed by atoms with Gasteiger partial charge in [0.1, 0.15) is 0 Å². The highest BCUT2D eigenvalue weighted by atomic mass is 16.5. The Bertz CT molecular complexity index is 368. The van der Waals surface area contributed by atoms with E-state index in [0.29, 0.717) is 12.0 Å². The van der Waals surface area contributed by atoms with Gasteiger partial charge in [-0.15, -0.1) is 0 Å². The Balaban J connectivity index is 1.84. The van der Waals surface area contributed by atoms with E-state index in [1.165, 1.54) is 43.2 Å². The summed E-state index contributed by atoms with van der Waals surface area (Å²) in [5, 5.41) is 3.51. The van der Waals surface area contributed by atoms with Gasteiger partial charge in [0.2, 0.25) is 0 Å². The maximum atomic E-state index is 5.72. The molecule has 0 aliphatic carbocycles. The highest BCUT2D eigenvalue weighted by molar-refractivity contribution is 5.24. The highest BCUT2D eigenvalue weighted by Gasteiger charge is 2.17. The van der Waals surface area contributed by atoms with E-state index in [4.69, 9.17) is 4.74 Å². The van der Waals surface area contributed by atoms with Gasteiger partial charge in [0.25, 0.3) is 0 Å². The first-order chi connectivity index (χ1) is 9.79. The van der Waals surface area contributed by atoms with Gasteiger partial charge in [-0.3, -0.25) is 0 Å². The Hall–Kier alpha value is -0.860. The van der Waals surface area contributed by atoms with Crippen molar-refractivity contribution < 1.29 is 4.74 Å². The van der Waals surface area contributed by atoms with E-state index < -0.39 is 0 Å². The topological polar surface area (TPSA) is 21.3 Å². The number of aryl methyl sites for hydroxylation is 1. The number of benzene rings is 1. The van der Waals surface area contributed by atoms with Gasteiger partial charge < -0.3 is 10.1 Å². The maximum Gasteiger partial charge on any atom is 0.0576 e. The lowest BCUT2D eigenvalue weighted by Crippen LogP contribution is -2.21. The predicted octanol–water partition coefficient (Wildman–Crippen LogP) is 4.04. The van der Waals surface area contributed by atoms with Crippen LogP contribution in [0.1, 0.15) is 56.1 Å². The molecule has 2 rings (SSSR count). The summed E-state index contributed by atoms with van der Waals surface area (Å²) in [5.74, 6) is 0.636. The summed E-state index contributed by atoms with van der Waals surface area (Å²) in [6.45, 7) is 7.45. The van der Waals surface area contributed by atoms with Crippen molar-refractivity contribution in [1.29, 1.82) is 0 Å². The fraction of sp³-hybridized carbons (Fsp3) is 0.667. The Labute approximate surface area is 123 Å². The lowest BCUT2D eigenvalue weighted by molar-refractivity contribution is 0.101. The summed E-state index contributed by atoms with van der Waals surface area (Å²) in [4.78, 5) is 0. The standard InChI is InChI=1S/C18H29NO/c1-3-19-14-17(16-11-9-15(2)10-12-16)6-4-7-18-8-5-13-20-18/h9-12,17-19H,3-8,13-14H2,1-2H3. The van der Waals surface area contributed by atoms with Crippen molar-refractivity contribution in [2.75, 3.05) is 19.7 Å². The summed E-state index contributed by atoms with van der Waals surface area (Å²) in [7, 11) is 0. The van der Waals surface area contributed by atoms with Crippen LogP contribution in [-0.2, 0) is 4.74 Å². The molecule has 20 heavy (non-hydrogen) atoms. The molecule has 2 atom stereocenters. The van der Waals surface area contributed by atoms with Crippen molar-refractivity contribution in [3.05, 3.63) is 35.4 Å². The first-order valence-electron chi connectivity index (χ1n) is 8.18. The molecule has 112 valence electrons. The number of hydrogen-bond donors (Lipinski definition) is 1. The summed E-state index contributed by atoms with van der Waals surface area (Å²) >= 11 is 0. The van der Waals surface area contributed by atoms with E-state index in [1.807, 2.05) is 0 Å². The van der Waals surface area contributed by atoms with Crippen LogP contribution < -0.4 is 5.32 Å². The molecule has 1 saturated heterocycles. The molecule has 0 spiro atoms. The second kappa shape index (κ2) is 8.43. The SMILES string of the molecule is CCNCC(CCCC1CCCO1)c1ccc(C)cc1. The number of ether oxygens (including phenoxy) is 1. The fourth-order valence-electron chi connectivity index (χ4n) is 3.01. The summed E-state index contributed by atoms with van der Waals surface area (Å²) < 4.78 is 5.72. The first kappa shape index (κ1) is 15.5. The summed E-state index contributed by atoms with van der Waals surface area (Å²) in [6, 6.07) is 9.05. The zero-order valence-electron chi connectivity index (χ0n) is 13.0. The molecule has 1 aromatic rings. The molecule has 1 aliphatic heterocycles. The third-order valence-electron chi connectivity index (χ3n) is 4.29. The average molecular weight is 275 g/mol. The van der Waals surface area contributed by atoms with Gasteiger partial charge in [0.15, 0.2) is 0 Å². The van der Waals surface area contributed by atoms with Crippen LogP contribution in [0.3, 0.4) is 0 Å². The zero-order chi connectivity index (χ0) is 14.2. The highest BCUT2D eigenvalue weighted by Crippen LogP contribution is 2.25. The lowest BCUT2D eigenvalue weighted by atomic mass is 9.92. The molecule has 2 nitrogen and oxygen atoms in total. The second-order valence-electron chi connectivity index (χ2n) is 5.98. The van der Waals surface area contributed by atoms with Crippen LogP contribution in [0, 0.1) is 6.92 Å². The van der Waals surface area contributed by atoms with E-state index in [-0.39, 0.29) is 0 Å². The van der Waals surface area contributed by atoms with Gasteiger partial charge in [-0.05, 0) is 50.6 Å². The maximum absolute atomic E-state index is 5.72. The molecule has 1 N–H and O–H groups in total. The van der Waals surface area contributed by atoms with Gasteiger partial charge in [0.05, 0.1) is 6.10 Å². The van der Waals surface area contributed by atoms with E-state index >= 15 is 0 Å². The summed E-state index contributed by atoms with van der Waals surface area (Å²) in [6.07, 6.45) is 6.82. The zero-order valence-corrected chi connectivity index (χ0v) is 13.0. The van der Waals surface area contributed by atoms with E-state index in [2.05, 4.69) is 43.4 Å². The monoisotopic (exact) mass is 275 g/mol. The molecule has 1 fully saturated rings. The van der Waals surface area contributed by atoms with Crippen molar-refractivity contribution in [1.82, 2.24) is 5.32 Å². The summed E-state index contributed by atoms with van der Waals surface area (Å²) in [5.41, 5.74) is 2.82. The Morgan fingerprint density at radius 2 is 2.10 bits per heavy atom. The number of hydrogen-bond acceptors (Lipinski definition) is 2. The second-order valence-corrected chi connectivity index (χ2v) is 5.98. The quantitative estimate of drug-likeness (QED) is 0.773. The Kier molecular flexibility index (Phi) is 6.55. The first-order valence-corrected chi connectivity index (χ1v) is 8.18. The molecule has 0 radical (unpaired) electrons. The van der Waals surface area contributed by atoms with Crippen LogP contribution in [0.2, 0.25) is 0 Å². The number of nitrogens with one attached hydrogen (secondary N) is 1. The van der Waals surface area contributed by atoms with Crippen molar-refractivity contribution >= 4 is 0 Å². The van der Waals surface area contributed by atoms with Gasteiger partial charge in [-0.2, -0.15) is 0 Å². The molecule has 0 saturated carbocycles. The smallest absolute Gasteiger partial charge is 0.0576 e. The van der Waals surface area contributed by atoms with Crippen molar-refractivity contribution in [2.24, 2.45) is 0 Å². The molecule has 1 aliphatic rings. The van der Waals surface area contributed by atoms with Gasteiger partial charge in [-0.1, -0.05) is 43.2 Å². The molecule has 1 heterocycles. The number of likely N-dealkylation sites (N-methyl/N-ethyl adjacent to an activating group) is 1. The number of rotatable bonds is 8. The van der Waals surface area contributed by atoms with Crippen LogP contribution in [0.25, 0.3) is 0 Å². The van der Waals surface area contributed by atoms with Crippen LogP contribution >= 0.6 is 0 Å². The molecule has 2 unspecified atom stereocenters. The van der Waals surface area contributed by atoms with Gasteiger partial charge >= 0.3 is 0 Å². The third-order valence-corrected chi connectivity index (χ3v) is 4.29. The lowest BCUT2D eigenvalue weighted by Gasteiger charge is -2.19. The minimum absolute atomic E-state index is 0.535. The Morgan fingerprint density at radius 3 is 2.75 bits per heavy atom. The minimum Gasteiger partial charge on any atom is -0.378 e. The van der Waals surface area contributed by atoms with Crippen molar-refractivity contribution in [3.63, 3.8) is 0 Å². The molecule has 0 aromatic heterocycles.